The second-order valence-corrected chi connectivity index (χ2v) is 5.69. The third-order valence-electron chi connectivity index (χ3n) is 4.10. The summed E-state index contributed by atoms with van der Waals surface area (Å²) in [5.41, 5.74) is 3.34. The Labute approximate surface area is 143 Å². The molecule has 0 saturated heterocycles. The number of carbonyl (C=O) groups excluding carboxylic acids is 2. The SMILES string of the molecule is O=C1C=C(c2c[nH]c3ccccc23)C(=O)N1.c1ccc2[nH]ccc2c1. The first-order valence-electron chi connectivity index (χ1n) is 7.88. The Morgan fingerprint density at radius 3 is 2.28 bits per heavy atom. The van der Waals surface area contributed by atoms with E-state index in [1.807, 2.05) is 42.6 Å². The number of rotatable bonds is 1. The van der Waals surface area contributed by atoms with E-state index >= 15 is 0 Å². The van der Waals surface area contributed by atoms with Gasteiger partial charge in [-0.2, -0.15) is 0 Å². The number of H-pyrrole nitrogens is 2. The Hall–Kier alpha value is -3.60. The number of para-hydroxylation sites is 2. The Balaban J connectivity index is 0.000000147. The molecule has 0 aliphatic carbocycles. The lowest BCUT2D eigenvalue weighted by Gasteiger charge is -1.97. The van der Waals surface area contributed by atoms with E-state index in [1.165, 1.54) is 17.0 Å². The molecule has 25 heavy (non-hydrogen) atoms. The molecule has 5 rings (SSSR count). The van der Waals surface area contributed by atoms with Crippen LogP contribution in [0.1, 0.15) is 5.56 Å². The van der Waals surface area contributed by atoms with Crippen LogP contribution >= 0.6 is 0 Å². The van der Waals surface area contributed by atoms with Crippen molar-refractivity contribution in [1.82, 2.24) is 15.3 Å². The highest BCUT2D eigenvalue weighted by Crippen LogP contribution is 2.26. The highest BCUT2D eigenvalue weighted by atomic mass is 16.2. The first-order valence-corrected chi connectivity index (χ1v) is 7.88. The normalized spacial score (nSPS) is 13.5. The lowest BCUT2D eigenvalue weighted by molar-refractivity contribution is -0.123. The molecule has 2 amide bonds. The largest absolute Gasteiger partial charge is 0.361 e. The highest BCUT2D eigenvalue weighted by Gasteiger charge is 2.23. The maximum atomic E-state index is 11.5. The van der Waals surface area contributed by atoms with Crippen LogP contribution in [0.5, 0.6) is 0 Å². The first-order chi connectivity index (χ1) is 12.2. The van der Waals surface area contributed by atoms with E-state index in [4.69, 9.17) is 0 Å². The fraction of sp³-hybridized carbons (Fsp3) is 0. The summed E-state index contributed by atoms with van der Waals surface area (Å²) in [4.78, 5) is 28.8. The van der Waals surface area contributed by atoms with Crippen LogP contribution in [0.2, 0.25) is 0 Å². The standard InChI is InChI=1S/C12H8N2O2.C8H7N/c15-11-5-8(12(16)14-11)9-6-13-10-4-2-1-3-7(9)10;1-2-4-8-7(3-1)5-6-9-8/h1-6,13H,(H,14,15,16);1-6,9H. The second-order valence-electron chi connectivity index (χ2n) is 5.69. The van der Waals surface area contributed by atoms with Crippen LogP contribution < -0.4 is 5.32 Å². The average Bonchev–Trinajstić information content (AvgIpc) is 3.33. The molecule has 2 aromatic heterocycles. The summed E-state index contributed by atoms with van der Waals surface area (Å²) in [5, 5.41) is 4.45. The van der Waals surface area contributed by atoms with Crippen molar-refractivity contribution in [2.75, 3.05) is 0 Å². The Bertz CT molecular complexity index is 1090. The number of nitrogens with one attached hydrogen (secondary N) is 3. The number of aromatic nitrogens is 2. The second kappa shape index (κ2) is 6.13. The van der Waals surface area contributed by atoms with E-state index in [2.05, 4.69) is 33.5 Å². The van der Waals surface area contributed by atoms with Crippen molar-refractivity contribution >= 4 is 39.2 Å². The molecule has 1 aliphatic rings. The molecule has 122 valence electrons. The summed E-state index contributed by atoms with van der Waals surface area (Å²) in [6, 6.07) is 17.9. The van der Waals surface area contributed by atoms with Crippen LogP contribution in [0, 0.1) is 0 Å². The van der Waals surface area contributed by atoms with Gasteiger partial charge in [-0.25, -0.2) is 0 Å². The summed E-state index contributed by atoms with van der Waals surface area (Å²) in [5.74, 6) is -0.694. The minimum atomic E-state index is -0.356. The third-order valence-corrected chi connectivity index (χ3v) is 4.10. The maximum Gasteiger partial charge on any atom is 0.258 e. The Morgan fingerprint density at radius 2 is 1.52 bits per heavy atom. The molecule has 5 nitrogen and oxygen atoms in total. The monoisotopic (exact) mass is 329 g/mol. The molecule has 1 aliphatic heterocycles. The summed E-state index contributed by atoms with van der Waals surface area (Å²) in [6.07, 6.45) is 5.03. The fourth-order valence-corrected chi connectivity index (χ4v) is 2.90. The van der Waals surface area contributed by atoms with Gasteiger partial charge in [-0.3, -0.25) is 14.9 Å². The summed E-state index contributed by atoms with van der Waals surface area (Å²) in [6.45, 7) is 0. The van der Waals surface area contributed by atoms with Crippen molar-refractivity contribution in [2.24, 2.45) is 0 Å². The molecule has 0 atom stereocenters. The van der Waals surface area contributed by atoms with Crippen molar-refractivity contribution in [1.29, 1.82) is 0 Å². The summed E-state index contributed by atoms with van der Waals surface area (Å²) >= 11 is 0. The van der Waals surface area contributed by atoms with Gasteiger partial charge in [0.2, 0.25) is 0 Å². The van der Waals surface area contributed by atoms with Gasteiger partial charge < -0.3 is 9.97 Å². The minimum absolute atomic E-state index is 0.338. The van der Waals surface area contributed by atoms with E-state index in [0.29, 0.717) is 5.57 Å². The minimum Gasteiger partial charge on any atom is -0.361 e. The van der Waals surface area contributed by atoms with Crippen molar-refractivity contribution in [3.8, 4) is 0 Å². The van der Waals surface area contributed by atoms with E-state index in [1.54, 1.807) is 6.20 Å². The van der Waals surface area contributed by atoms with Gasteiger partial charge in [-0.1, -0.05) is 36.4 Å². The molecule has 0 radical (unpaired) electrons. The quantitative estimate of drug-likeness (QED) is 0.468. The third kappa shape index (κ3) is 2.83. The number of amides is 2. The predicted octanol–water partition coefficient (Wildman–Crippen LogP) is 3.38. The number of fused-ring (bicyclic) bond motifs is 2. The topological polar surface area (TPSA) is 77.8 Å². The van der Waals surface area contributed by atoms with Gasteiger partial charge in [0.15, 0.2) is 0 Å². The van der Waals surface area contributed by atoms with Gasteiger partial charge in [-0.05, 0) is 23.6 Å². The predicted molar refractivity (Wildman–Crippen MR) is 97.7 cm³/mol. The molecule has 4 aromatic rings. The molecule has 3 N–H and O–H groups in total. The summed E-state index contributed by atoms with van der Waals surface area (Å²) < 4.78 is 0. The molecule has 5 heteroatoms. The number of benzene rings is 2. The van der Waals surface area contributed by atoms with Gasteiger partial charge in [0.25, 0.3) is 11.8 Å². The van der Waals surface area contributed by atoms with Crippen molar-refractivity contribution in [3.63, 3.8) is 0 Å². The number of aromatic amines is 2. The van der Waals surface area contributed by atoms with Crippen LogP contribution in [0.15, 0.2) is 73.1 Å². The molecule has 0 spiro atoms. The highest BCUT2D eigenvalue weighted by molar-refractivity contribution is 6.35. The van der Waals surface area contributed by atoms with E-state index in [0.717, 1.165) is 16.5 Å². The van der Waals surface area contributed by atoms with Crippen LogP contribution in [-0.4, -0.2) is 21.8 Å². The molecule has 0 unspecified atom stereocenters. The van der Waals surface area contributed by atoms with E-state index in [9.17, 15) is 9.59 Å². The van der Waals surface area contributed by atoms with Crippen molar-refractivity contribution in [2.45, 2.75) is 0 Å². The molecule has 2 aromatic carbocycles. The van der Waals surface area contributed by atoms with E-state index in [-0.39, 0.29) is 11.8 Å². The van der Waals surface area contributed by atoms with Crippen LogP contribution in [0.3, 0.4) is 0 Å². The van der Waals surface area contributed by atoms with Gasteiger partial charge in [0.1, 0.15) is 0 Å². The Kier molecular flexibility index (Phi) is 3.67. The van der Waals surface area contributed by atoms with Gasteiger partial charge >= 0.3 is 0 Å². The molecule has 3 heterocycles. The zero-order valence-corrected chi connectivity index (χ0v) is 13.2. The van der Waals surface area contributed by atoms with Gasteiger partial charge in [-0.15, -0.1) is 0 Å². The average molecular weight is 329 g/mol. The molecular formula is C20H15N3O2. The van der Waals surface area contributed by atoms with Crippen LogP contribution in [0.4, 0.5) is 0 Å². The van der Waals surface area contributed by atoms with Gasteiger partial charge in [0.05, 0.1) is 5.57 Å². The molecular weight excluding hydrogens is 314 g/mol. The number of hydrogen-bond donors (Lipinski definition) is 3. The maximum absolute atomic E-state index is 11.5. The molecule has 0 bridgehead atoms. The molecule has 0 saturated carbocycles. The summed E-state index contributed by atoms with van der Waals surface area (Å²) in [7, 11) is 0. The van der Waals surface area contributed by atoms with E-state index < -0.39 is 0 Å². The molecule has 0 fully saturated rings. The zero-order valence-electron chi connectivity index (χ0n) is 13.2. The van der Waals surface area contributed by atoms with Crippen molar-refractivity contribution in [3.05, 3.63) is 78.6 Å². The Morgan fingerprint density at radius 1 is 0.760 bits per heavy atom. The number of hydrogen-bond acceptors (Lipinski definition) is 2. The fourth-order valence-electron chi connectivity index (χ4n) is 2.90. The smallest absolute Gasteiger partial charge is 0.258 e. The lowest BCUT2D eigenvalue weighted by Crippen LogP contribution is -2.21. The zero-order chi connectivity index (χ0) is 17.2. The lowest BCUT2D eigenvalue weighted by atomic mass is 10.1. The van der Waals surface area contributed by atoms with Crippen LogP contribution in [0.25, 0.3) is 27.4 Å². The first kappa shape index (κ1) is 15.0. The number of imide groups is 1. The van der Waals surface area contributed by atoms with Crippen LogP contribution in [-0.2, 0) is 9.59 Å². The van der Waals surface area contributed by atoms with Crippen molar-refractivity contribution < 1.29 is 9.59 Å². The number of carbonyl (C=O) groups is 2. The van der Waals surface area contributed by atoms with Gasteiger partial charge in [0, 0.05) is 40.5 Å².